The number of nitrogens with one attached hydrogen (secondary N) is 2. The lowest BCUT2D eigenvalue weighted by Crippen LogP contribution is -2.40. The van der Waals surface area contributed by atoms with Crippen LogP contribution in [0.2, 0.25) is 0 Å². The Kier molecular flexibility index (Phi) is 5.16. The van der Waals surface area contributed by atoms with E-state index >= 15 is 0 Å². The molecular formula is C20H24N2O2. The van der Waals surface area contributed by atoms with Gasteiger partial charge in [0.15, 0.2) is 0 Å². The van der Waals surface area contributed by atoms with Gasteiger partial charge in [0, 0.05) is 25.1 Å². The maximum absolute atomic E-state index is 11.6. The number of ether oxygens (including phenoxy) is 1. The molecule has 2 atom stereocenters. The van der Waals surface area contributed by atoms with Crippen LogP contribution in [0.5, 0.6) is 5.75 Å². The number of carbonyl (C=O) groups excluding carboxylic acids is 1. The Morgan fingerprint density at radius 1 is 1.21 bits per heavy atom. The topological polar surface area (TPSA) is 50.4 Å². The first-order valence-corrected chi connectivity index (χ1v) is 8.42. The number of carbonyl (C=O) groups is 1. The normalized spacial score (nSPS) is 17.0. The predicted octanol–water partition coefficient (Wildman–Crippen LogP) is 2.63. The molecule has 4 heteroatoms. The van der Waals surface area contributed by atoms with Crippen LogP contribution >= 0.6 is 0 Å². The van der Waals surface area contributed by atoms with Gasteiger partial charge >= 0.3 is 0 Å². The number of benzene rings is 2. The molecule has 1 heterocycles. The van der Waals surface area contributed by atoms with Gasteiger partial charge in [0.1, 0.15) is 5.75 Å². The van der Waals surface area contributed by atoms with E-state index in [4.69, 9.17) is 4.74 Å². The zero-order chi connectivity index (χ0) is 16.9. The fourth-order valence-electron chi connectivity index (χ4n) is 3.09. The van der Waals surface area contributed by atoms with Crippen LogP contribution in [-0.2, 0) is 17.8 Å². The molecule has 1 aliphatic heterocycles. The Labute approximate surface area is 143 Å². The smallest absolute Gasteiger partial charge is 0.236 e. The Morgan fingerprint density at radius 2 is 2.00 bits per heavy atom. The summed E-state index contributed by atoms with van der Waals surface area (Å²) >= 11 is 0. The van der Waals surface area contributed by atoms with Crippen molar-refractivity contribution in [2.45, 2.75) is 31.8 Å². The summed E-state index contributed by atoms with van der Waals surface area (Å²) in [7, 11) is 1.65. The summed E-state index contributed by atoms with van der Waals surface area (Å²) in [5.74, 6) is 1.37. The zero-order valence-electron chi connectivity index (χ0n) is 14.2. The highest BCUT2D eigenvalue weighted by molar-refractivity contribution is 5.80. The van der Waals surface area contributed by atoms with Crippen LogP contribution in [0.4, 0.5) is 0 Å². The lowest BCUT2D eigenvalue weighted by molar-refractivity contribution is -0.122. The highest BCUT2D eigenvalue weighted by Crippen LogP contribution is 2.36. The molecule has 0 saturated carbocycles. The van der Waals surface area contributed by atoms with Gasteiger partial charge in [-0.2, -0.15) is 0 Å². The second kappa shape index (κ2) is 7.49. The molecule has 1 aliphatic rings. The van der Waals surface area contributed by atoms with E-state index in [1.165, 1.54) is 16.7 Å². The van der Waals surface area contributed by atoms with E-state index in [0.717, 1.165) is 18.8 Å². The third-order valence-corrected chi connectivity index (χ3v) is 4.53. The second-order valence-corrected chi connectivity index (χ2v) is 6.29. The predicted molar refractivity (Wildman–Crippen MR) is 95.2 cm³/mol. The second-order valence-electron chi connectivity index (χ2n) is 6.29. The summed E-state index contributed by atoms with van der Waals surface area (Å²) in [5, 5.41) is 5.91. The summed E-state index contributed by atoms with van der Waals surface area (Å²) in [5.41, 5.74) is 3.77. The quantitative estimate of drug-likeness (QED) is 0.859. The van der Waals surface area contributed by atoms with Gasteiger partial charge in [0.2, 0.25) is 5.91 Å². The number of hydrogen-bond donors (Lipinski definition) is 2. The first kappa shape index (κ1) is 16.5. The molecule has 2 aromatic carbocycles. The van der Waals surface area contributed by atoms with Crippen molar-refractivity contribution in [3.05, 3.63) is 65.2 Å². The monoisotopic (exact) mass is 324 g/mol. The van der Waals surface area contributed by atoms with E-state index in [-0.39, 0.29) is 11.9 Å². The van der Waals surface area contributed by atoms with Gasteiger partial charge in [-0.3, -0.25) is 4.79 Å². The highest BCUT2D eigenvalue weighted by atomic mass is 16.5. The molecule has 0 radical (unpaired) electrons. The zero-order valence-corrected chi connectivity index (χ0v) is 14.2. The van der Waals surface area contributed by atoms with Gasteiger partial charge in [-0.25, -0.2) is 0 Å². The molecule has 0 fully saturated rings. The van der Waals surface area contributed by atoms with Crippen LogP contribution in [0.1, 0.15) is 29.5 Å². The molecule has 0 aliphatic carbocycles. The van der Waals surface area contributed by atoms with E-state index < -0.39 is 0 Å². The van der Waals surface area contributed by atoms with Crippen molar-refractivity contribution in [2.24, 2.45) is 0 Å². The first-order valence-electron chi connectivity index (χ1n) is 8.42. The number of rotatable bonds is 6. The number of amides is 1. The third kappa shape index (κ3) is 3.77. The summed E-state index contributed by atoms with van der Waals surface area (Å²) in [6.07, 6.45) is 0.985. The lowest BCUT2D eigenvalue weighted by Gasteiger charge is -2.14. The van der Waals surface area contributed by atoms with E-state index in [9.17, 15) is 4.79 Å². The SMILES string of the molecule is CNC(=O)C(C)NCc1ccc2c(c1)C(Cc1ccccc1)CO2. The number of likely N-dealkylation sites (N-methyl/N-ethyl adjacent to an activating group) is 1. The lowest BCUT2D eigenvalue weighted by atomic mass is 9.92. The molecule has 3 rings (SSSR count). The van der Waals surface area contributed by atoms with E-state index in [1.807, 2.05) is 19.1 Å². The molecule has 2 aromatic rings. The Morgan fingerprint density at radius 3 is 2.75 bits per heavy atom. The van der Waals surface area contributed by atoms with Crippen molar-refractivity contribution >= 4 is 5.91 Å². The van der Waals surface area contributed by atoms with Crippen molar-refractivity contribution in [2.75, 3.05) is 13.7 Å². The van der Waals surface area contributed by atoms with E-state index in [2.05, 4.69) is 47.0 Å². The molecule has 0 saturated heterocycles. The molecule has 2 N–H and O–H groups in total. The van der Waals surface area contributed by atoms with Crippen LogP contribution in [-0.4, -0.2) is 25.6 Å². The minimum Gasteiger partial charge on any atom is -0.493 e. The van der Waals surface area contributed by atoms with Gasteiger partial charge in [-0.05, 0) is 30.5 Å². The fourth-order valence-corrected chi connectivity index (χ4v) is 3.09. The maximum atomic E-state index is 11.6. The van der Waals surface area contributed by atoms with Crippen molar-refractivity contribution in [1.29, 1.82) is 0 Å². The van der Waals surface area contributed by atoms with Crippen LogP contribution in [0, 0.1) is 0 Å². The van der Waals surface area contributed by atoms with E-state index in [1.54, 1.807) is 7.05 Å². The van der Waals surface area contributed by atoms with Crippen LogP contribution < -0.4 is 15.4 Å². The molecule has 4 nitrogen and oxygen atoms in total. The maximum Gasteiger partial charge on any atom is 0.236 e. The summed E-state index contributed by atoms with van der Waals surface area (Å²) in [4.78, 5) is 11.6. The van der Waals surface area contributed by atoms with Crippen molar-refractivity contribution in [1.82, 2.24) is 10.6 Å². The highest BCUT2D eigenvalue weighted by Gasteiger charge is 2.24. The Bertz CT molecular complexity index is 700. The van der Waals surface area contributed by atoms with Gasteiger partial charge in [-0.1, -0.05) is 42.5 Å². The average Bonchev–Trinajstić information content (AvgIpc) is 3.02. The molecule has 0 spiro atoms. The van der Waals surface area contributed by atoms with Crippen molar-refractivity contribution in [3.63, 3.8) is 0 Å². The average molecular weight is 324 g/mol. The minimum absolute atomic E-state index is 0.00134. The van der Waals surface area contributed by atoms with Crippen LogP contribution in [0.25, 0.3) is 0 Å². The van der Waals surface area contributed by atoms with Crippen molar-refractivity contribution in [3.8, 4) is 5.75 Å². The molecule has 0 aromatic heterocycles. The van der Waals surface area contributed by atoms with Crippen LogP contribution in [0.15, 0.2) is 48.5 Å². The summed E-state index contributed by atoms with van der Waals surface area (Å²) in [6, 6.07) is 16.6. The third-order valence-electron chi connectivity index (χ3n) is 4.53. The van der Waals surface area contributed by atoms with Gasteiger partial charge in [0.25, 0.3) is 0 Å². The van der Waals surface area contributed by atoms with Gasteiger partial charge < -0.3 is 15.4 Å². The summed E-state index contributed by atoms with van der Waals surface area (Å²) < 4.78 is 5.83. The molecule has 0 bridgehead atoms. The number of fused-ring (bicyclic) bond motifs is 1. The molecule has 1 amide bonds. The first-order chi connectivity index (χ1) is 11.7. The van der Waals surface area contributed by atoms with Crippen molar-refractivity contribution < 1.29 is 9.53 Å². The fraction of sp³-hybridized carbons (Fsp3) is 0.350. The molecule has 126 valence electrons. The molecule has 2 unspecified atom stereocenters. The van der Waals surface area contributed by atoms with Gasteiger partial charge in [-0.15, -0.1) is 0 Å². The minimum atomic E-state index is -0.209. The largest absolute Gasteiger partial charge is 0.493 e. The standard InChI is InChI=1S/C20H24N2O2/c1-14(20(23)21-2)22-12-16-8-9-19-18(11-16)17(13-24-19)10-15-6-4-3-5-7-15/h3-9,11,14,17,22H,10,12-13H2,1-2H3,(H,21,23). The number of hydrogen-bond acceptors (Lipinski definition) is 3. The molecule has 24 heavy (non-hydrogen) atoms. The van der Waals surface area contributed by atoms with Crippen LogP contribution in [0.3, 0.4) is 0 Å². The Balaban J connectivity index is 1.68. The van der Waals surface area contributed by atoms with Gasteiger partial charge in [0.05, 0.1) is 12.6 Å². The van der Waals surface area contributed by atoms with E-state index in [0.29, 0.717) is 12.5 Å². The summed E-state index contributed by atoms with van der Waals surface area (Å²) in [6.45, 7) is 3.27. The molecular weight excluding hydrogens is 300 g/mol. The Hall–Kier alpha value is -2.33.